The molecule has 10 heteroatoms. The average molecular weight is 551 g/mol. The fourth-order valence-corrected chi connectivity index (χ4v) is 5.66. The molecule has 0 aliphatic heterocycles. The highest BCUT2D eigenvalue weighted by atomic mass is 32.2. The van der Waals surface area contributed by atoms with Crippen molar-refractivity contribution in [2.24, 2.45) is 0 Å². The van der Waals surface area contributed by atoms with Gasteiger partial charge in [0.05, 0.1) is 12.9 Å². The molecule has 0 unspecified atom stereocenters. The van der Waals surface area contributed by atoms with E-state index in [9.17, 15) is 9.59 Å². The summed E-state index contributed by atoms with van der Waals surface area (Å²) in [5, 5.41) is 14.4. The molecule has 2 aromatic carbocycles. The van der Waals surface area contributed by atoms with Crippen LogP contribution in [0.5, 0.6) is 5.75 Å². The highest BCUT2D eigenvalue weighted by molar-refractivity contribution is 7.99. The van der Waals surface area contributed by atoms with Crippen molar-refractivity contribution in [1.29, 1.82) is 0 Å². The second-order valence-corrected chi connectivity index (χ2v) is 10.5. The smallest absolute Gasteiger partial charge is 0.341 e. The number of amides is 1. The topological polar surface area (TPSA) is 95.3 Å². The van der Waals surface area contributed by atoms with E-state index in [-0.39, 0.29) is 18.3 Å². The summed E-state index contributed by atoms with van der Waals surface area (Å²) < 4.78 is 12.9. The number of aromatic nitrogens is 3. The summed E-state index contributed by atoms with van der Waals surface area (Å²) in [6.45, 7) is 8.98. The summed E-state index contributed by atoms with van der Waals surface area (Å²) in [6.07, 6.45) is 0. The van der Waals surface area contributed by atoms with Gasteiger partial charge in [-0.05, 0) is 50.5 Å². The molecule has 0 saturated carbocycles. The fraction of sp³-hybridized carbons (Fsp3) is 0.286. The number of thioether (sulfide) groups is 1. The molecule has 0 atom stereocenters. The second-order valence-electron chi connectivity index (χ2n) is 8.68. The number of carbonyl (C=O) groups is 2. The van der Waals surface area contributed by atoms with Crippen LogP contribution in [0.4, 0.5) is 5.00 Å². The Labute approximate surface area is 230 Å². The number of esters is 1. The van der Waals surface area contributed by atoms with Crippen LogP contribution < -0.4 is 10.1 Å². The number of ether oxygens (including phenoxy) is 2. The lowest BCUT2D eigenvalue weighted by atomic mass is 10.0. The van der Waals surface area contributed by atoms with E-state index in [0.717, 1.165) is 33.6 Å². The number of anilines is 1. The minimum atomic E-state index is -0.496. The number of rotatable bonds is 10. The number of nitrogens with one attached hydrogen (secondary N) is 1. The van der Waals surface area contributed by atoms with Crippen LogP contribution >= 0.6 is 23.1 Å². The SMILES string of the molecule is CCn1c(COc2cccc(C)c2C)nnc1SCC(=O)Nc1scc(-c2ccc(C)cc2)c1C(=O)OC. The number of thiophene rings is 1. The number of carbonyl (C=O) groups excluding carboxylic acids is 2. The molecule has 2 aromatic heterocycles. The molecular weight excluding hydrogens is 520 g/mol. The maximum absolute atomic E-state index is 12.9. The summed E-state index contributed by atoms with van der Waals surface area (Å²) in [4.78, 5) is 25.5. The number of hydrogen-bond donors (Lipinski definition) is 1. The molecule has 8 nitrogen and oxygen atoms in total. The molecule has 2 heterocycles. The van der Waals surface area contributed by atoms with E-state index in [1.165, 1.54) is 30.2 Å². The van der Waals surface area contributed by atoms with Gasteiger partial charge in [0.1, 0.15) is 22.9 Å². The molecule has 0 fully saturated rings. The number of methoxy groups -OCH3 is 1. The van der Waals surface area contributed by atoms with Crippen molar-refractivity contribution in [3.05, 3.63) is 75.9 Å². The molecule has 4 aromatic rings. The lowest BCUT2D eigenvalue weighted by Crippen LogP contribution is -2.16. The zero-order chi connectivity index (χ0) is 27.2. The van der Waals surface area contributed by atoms with E-state index in [2.05, 4.69) is 15.5 Å². The Balaban J connectivity index is 1.43. The van der Waals surface area contributed by atoms with Gasteiger partial charge in [0.25, 0.3) is 0 Å². The van der Waals surface area contributed by atoms with Gasteiger partial charge in [-0.3, -0.25) is 4.79 Å². The number of nitrogens with zero attached hydrogens (tertiary/aromatic N) is 3. The summed E-state index contributed by atoms with van der Waals surface area (Å²) in [6, 6.07) is 13.8. The van der Waals surface area contributed by atoms with E-state index in [0.29, 0.717) is 28.1 Å². The summed E-state index contributed by atoms with van der Waals surface area (Å²) in [5.74, 6) is 0.853. The van der Waals surface area contributed by atoms with Gasteiger partial charge in [0, 0.05) is 17.5 Å². The first-order chi connectivity index (χ1) is 18.3. The Kier molecular flexibility index (Phi) is 8.85. The molecule has 0 aliphatic carbocycles. The molecular formula is C28H30N4O4S2. The van der Waals surface area contributed by atoms with Gasteiger partial charge < -0.3 is 19.4 Å². The zero-order valence-corrected chi connectivity index (χ0v) is 23.7. The van der Waals surface area contributed by atoms with Crippen LogP contribution in [0.25, 0.3) is 11.1 Å². The summed E-state index contributed by atoms with van der Waals surface area (Å²) in [7, 11) is 1.33. The highest BCUT2D eigenvalue weighted by Gasteiger charge is 2.23. The lowest BCUT2D eigenvalue weighted by molar-refractivity contribution is -0.113. The van der Waals surface area contributed by atoms with Gasteiger partial charge in [0.15, 0.2) is 11.0 Å². The third-order valence-electron chi connectivity index (χ3n) is 6.15. The van der Waals surface area contributed by atoms with Crippen molar-refractivity contribution in [1.82, 2.24) is 14.8 Å². The molecule has 1 amide bonds. The predicted octanol–water partition coefficient (Wildman–Crippen LogP) is 6.05. The Hall–Kier alpha value is -3.63. The average Bonchev–Trinajstić information content (AvgIpc) is 3.51. The first kappa shape index (κ1) is 27.4. The first-order valence-electron chi connectivity index (χ1n) is 12.1. The zero-order valence-electron chi connectivity index (χ0n) is 22.0. The van der Waals surface area contributed by atoms with Gasteiger partial charge in [-0.1, -0.05) is 53.7 Å². The third kappa shape index (κ3) is 6.08. The van der Waals surface area contributed by atoms with Crippen molar-refractivity contribution < 1.29 is 19.1 Å². The molecule has 1 N–H and O–H groups in total. The summed E-state index contributed by atoms with van der Waals surface area (Å²) >= 11 is 2.58. The van der Waals surface area contributed by atoms with E-state index in [4.69, 9.17) is 9.47 Å². The quantitative estimate of drug-likeness (QED) is 0.190. The Morgan fingerprint density at radius 2 is 1.84 bits per heavy atom. The van der Waals surface area contributed by atoms with Crippen LogP contribution in [0.15, 0.2) is 53.0 Å². The van der Waals surface area contributed by atoms with Gasteiger partial charge in [-0.2, -0.15) is 0 Å². The van der Waals surface area contributed by atoms with E-state index in [1.807, 2.05) is 80.1 Å². The molecule has 4 rings (SSSR count). The standard InChI is InChI=1S/C28H30N4O4S2/c1-6-32-23(14-36-22-9-7-8-18(3)19(22)4)30-31-28(32)38-16-24(33)29-26-25(27(34)35-5)21(15-37-26)20-12-10-17(2)11-13-20/h7-13,15H,6,14,16H2,1-5H3,(H,29,33). The molecule has 0 radical (unpaired) electrons. The van der Waals surface area contributed by atoms with Crippen molar-refractivity contribution in [3.63, 3.8) is 0 Å². The van der Waals surface area contributed by atoms with Gasteiger partial charge in [-0.15, -0.1) is 21.5 Å². The van der Waals surface area contributed by atoms with Gasteiger partial charge in [-0.25, -0.2) is 4.79 Å². The van der Waals surface area contributed by atoms with Crippen LogP contribution in [-0.2, 0) is 22.7 Å². The van der Waals surface area contributed by atoms with Crippen LogP contribution in [-0.4, -0.2) is 39.5 Å². The number of aryl methyl sites for hydroxylation is 2. The van der Waals surface area contributed by atoms with Crippen LogP contribution in [0, 0.1) is 20.8 Å². The Morgan fingerprint density at radius 1 is 1.08 bits per heavy atom. The minimum Gasteiger partial charge on any atom is -0.485 e. The third-order valence-corrected chi connectivity index (χ3v) is 8.01. The van der Waals surface area contributed by atoms with Gasteiger partial charge >= 0.3 is 5.97 Å². The van der Waals surface area contributed by atoms with Crippen molar-refractivity contribution in [2.45, 2.75) is 46.0 Å². The molecule has 0 bridgehead atoms. The van der Waals surface area contributed by atoms with E-state index < -0.39 is 5.97 Å². The molecule has 0 aliphatic rings. The maximum atomic E-state index is 12.9. The molecule has 0 saturated heterocycles. The molecule has 0 spiro atoms. The predicted molar refractivity (Wildman–Crippen MR) is 151 cm³/mol. The lowest BCUT2D eigenvalue weighted by Gasteiger charge is -2.12. The van der Waals surface area contributed by atoms with Crippen LogP contribution in [0.1, 0.15) is 39.8 Å². The normalized spacial score (nSPS) is 10.9. The monoisotopic (exact) mass is 550 g/mol. The van der Waals surface area contributed by atoms with Crippen molar-refractivity contribution in [2.75, 3.05) is 18.2 Å². The maximum Gasteiger partial charge on any atom is 0.341 e. The minimum absolute atomic E-state index is 0.106. The Bertz CT molecular complexity index is 1440. The molecule has 198 valence electrons. The van der Waals surface area contributed by atoms with Crippen LogP contribution in [0.3, 0.4) is 0 Å². The van der Waals surface area contributed by atoms with E-state index >= 15 is 0 Å². The molecule has 38 heavy (non-hydrogen) atoms. The fourth-order valence-electron chi connectivity index (χ4n) is 3.87. The van der Waals surface area contributed by atoms with Gasteiger partial charge in [0.2, 0.25) is 5.91 Å². The summed E-state index contributed by atoms with van der Waals surface area (Å²) in [5.41, 5.74) is 5.33. The Morgan fingerprint density at radius 3 is 2.55 bits per heavy atom. The van der Waals surface area contributed by atoms with Crippen molar-refractivity contribution >= 4 is 40.0 Å². The number of benzene rings is 2. The first-order valence-corrected chi connectivity index (χ1v) is 14.0. The second kappa shape index (κ2) is 12.3. The van der Waals surface area contributed by atoms with E-state index in [1.54, 1.807) is 0 Å². The number of hydrogen-bond acceptors (Lipinski definition) is 8. The van der Waals surface area contributed by atoms with Crippen LogP contribution in [0.2, 0.25) is 0 Å². The largest absolute Gasteiger partial charge is 0.485 e. The van der Waals surface area contributed by atoms with Crippen molar-refractivity contribution in [3.8, 4) is 16.9 Å². The highest BCUT2D eigenvalue weighted by Crippen LogP contribution is 2.36.